The minimum absolute atomic E-state index is 0.0317. The van der Waals surface area contributed by atoms with E-state index in [1.807, 2.05) is 24.3 Å². The Morgan fingerprint density at radius 3 is 2.84 bits per heavy atom. The SMILES string of the molecule is CC(=O)N1CCc2c(c(N3C[C@H](CC(F)F)Cc4cc(-c5cnn(C)c5)ccc43)nn2[C@H]2CCOC2)C1. The van der Waals surface area contributed by atoms with Gasteiger partial charge in [0.05, 0.1) is 25.4 Å². The molecule has 3 aromatic rings. The van der Waals surface area contributed by atoms with E-state index in [4.69, 9.17) is 9.84 Å². The number of alkyl halides is 2. The number of benzene rings is 1. The van der Waals surface area contributed by atoms with Gasteiger partial charge in [-0.25, -0.2) is 8.78 Å². The largest absolute Gasteiger partial charge is 0.379 e. The number of amides is 1. The van der Waals surface area contributed by atoms with Gasteiger partial charge in [-0.15, -0.1) is 0 Å². The van der Waals surface area contributed by atoms with E-state index in [-0.39, 0.29) is 24.3 Å². The summed E-state index contributed by atoms with van der Waals surface area (Å²) in [6.07, 6.45) is 3.44. The van der Waals surface area contributed by atoms with E-state index in [9.17, 15) is 13.6 Å². The molecule has 1 aromatic carbocycles. The zero-order valence-electron chi connectivity index (χ0n) is 21.2. The van der Waals surface area contributed by atoms with Crippen LogP contribution in [-0.2, 0) is 36.0 Å². The quantitative estimate of drug-likeness (QED) is 0.517. The zero-order chi connectivity index (χ0) is 25.7. The first-order valence-electron chi connectivity index (χ1n) is 13.0. The molecule has 0 saturated carbocycles. The van der Waals surface area contributed by atoms with Gasteiger partial charge in [0, 0.05) is 75.2 Å². The number of ether oxygens (including phenoxy) is 1. The van der Waals surface area contributed by atoms with E-state index < -0.39 is 6.43 Å². The molecule has 1 amide bonds. The first kappa shape index (κ1) is 24.1. The minimum Gasteiger partial charge on any atom is -0.379 e. The number of carbonyl (C=O) groups excluding carboxylic acids is 1. The average Bonchev–Trinajstić information content (AvgIpc) is 3.62. The van der Waals surface area contributed by atoms with Crippen LogP contribution >= 0.6 is 0 Å². The number of anilines is 2. The molecule has 0 spiro atoms. The second kappa shape index (κ2) is 9.55. The fraction of sp³-hybridized carbons (Fsp3) is 0.519. The summed E-state index contributed by atoms with van der Waals surface area (Å²) in [5.74, 6) is 0.603. The van der Waals surface area contributed by atoms with Crippen molar-refractivity contribution in [1.29, 1.82) is 0 Å². The van der Waals surface area contributed by atoms with Crippen molar-refractivity contribution in [3.63, 3.8) is 0 Å². The molecule has 0 unspecified atom stereocenters. The molecule has 3 aliphatic heterocycles. The number of carbonyl (C=O) groups is 1. The Hall–Kier alpha value is -3.27. The van der Waals surface area contributed by atoms with Crippen LogP contribution in [0.2, 0.25) is 0 Å². The first-order chi connectivity index (χ1) is 17.9. The number of aryl methyl sites for hydroxylation is 1. The number of nitrogens with zero attached hydrogens (tertiary/aromatic N) is 6. The molecule has 5 heterocycles. The standard InChI is InChI=1S/C27H32F2N6O2/c1-17(36)33-7-5-25-23(15-33)27(31-35(25)22-6-8-37-16-22)34-13-18(10-26(28)29)9-20-11-19(3-4-24(20)34)21-12-30-32(2)14-21/h3-4,11-12,14,18,22,26H,5-10,13,15-16H2,1-2H3/t18-,22-/m0/s1. The Bertz CT molecular complexity index is 1310. The van der Waals surface area contributed by atoms with Gasteiger partial charge in [-0.05, 0) is 42.0 Å². The average molecular weight is 511 g/mol. The van der Waals surface area contributed by atoms with Crippen molar-refractivity contribution in [2.24, 2.45) is 13.0 Å². The van der Waals surface area contributed by atoms with Crippen LogP contribution in [0.1, 0.15) is 42.6 Å². The van der Waals surface area contributed by atoms with Crippen LogP contribution < -0.4 is 4.90 Å². The van der Waals surface area contributed by atoms with E-state index >= 15 is 0 Å². The predicted molar refractivity (Wildman–Crippen MR) is 135 cm³/mol. The Balaban J connectivity index is 1.45. The van der Waals surface area contributed by atoms with Crippen molar-refractivity contribution in [3.05, 3.63) is 47.4 Å². The highest BCUT2D eigenvalue weighted by Crippen LogP contribution is 2.42. The van der Waals surface area contributed by atoms with Gasteiger partial charge in [0.2, 0.25) is 12.3 Å². The maximum Gasteiger partial charge on any atom is 0.239 e. The van der Waals surface area contributed by atoms with Gasteiger partial charge in [0.25, 0.3) is 0 Å². The lowest BCUT2D eigenvalue weighted by Gasteiger charge is -2.36. The molecule has 0 bridgehead atoms. The minimum atomic E-state index is -2.37. The van der Waals surface area contributed by atoms with Gasteiger partial charge >= 0.3 is 0 Å². The number of rotatable bonds is 5. The van der Waals surface area contributed by atoms with E-state index in [0.717, 1.165) is 52.3 Å². The molecular formula is C27H32F2N6O2. The van der Waals surface area contributed by atoms with Gasteiger partial charge in [-0.2, -0.15) is 10.2 Å². The highest BCUT2D eigenvalue weighted by atomic mass is 19.3. The van der Waals surface area contributed by atoms with Gasteiger partial charge in [0.15, 0.2) is 5.82 Å². The van der Waals surface area contributed by atoms with Crippen molar-refractivity contribution < 1.29 is 18.3 Å². The molecule has 0 radical (unpaired) electrons. The van der Waals surface area contributed by atoms with Crippen molar-refractivity contribution in [1.82, 2.24) is 24.5 Å². The van der Waals surface area contributed by atoms with E-state index in [1.165, 1.54) is 0 Å². The van der Waals surface area contributed by atoms with Crippen molar-refractivity contribution in [2.45, 2.75) is 51.6 Å². The van der Waals surface area contributed by atoms with Gasteiger partial charge in [0.1, 0.15) is 0 Å². The number of halogens is 2. The van der Waals surface area contributed by atoms with Gasteiger partial charge < -0.3 is 14.5 Å². The van der Waals surface area contributed by atoms with Crippen LogP contribution in [-0.4, -0.2) is 63.1 Å². The predicted octanol–water partition coefficient (Wildman–Crippen LogP) is 4.12. The van der Waals surface area contributed by atoms with E-state index in [1.54, 1.807) is 11.6 Å². The summed E-state index contributed by atoms with van der Waals surface area (Å²) < 4.78 is 36.7. The normalized spacial score (nSPS) is 21.4. The van der Waals surface area contributed by atoms with Crippen LogP contribution in [0.25, 0.3) is 11.1 Å². The summed E-state index contributed by atoms with van der Waals surface area (Å²) in [6, 6.07) is 6.39. The lowest BCUT2D eigenvalue weighted by Crippen LogP contribution is -2.37. The lowest BCUT2D eigenvalue weighted by atomic mass is 9.88. The Morgan fingerprint density at radius 1 is 1.27 bits per heavy atom. The van der Waals surface area contributed by atoms with Crippen LogP contribution in [0.4, 0.5) is 20.3 Å². The van der Waals surface area contributed by atoms with Crippen LogP contribution in [0, 0.1) is 5.92 Å². The summed E-state index contributed by atoms with van der Waals surface area (Å²) in [4.78, 5) is 16.2. The fourth-order valence-electron chi connectivity index (χ4n) is 6.04. The molecule has 1 fully saturated rings. The molecule has 2 atom stereocenters. The van der Waals surface area contributed by atoms with Crippen LogP contribution in [0.15, 0.2) is 30.6 Å². The van der Waals surface area contributed by atoms with Gasteiger partial charge in [-0.3, -0.25) is 14.2 Å². The van der Waals surface area contributed by atoms with Crippen LogP contribution in [0.5, 0.6) is 0 Å². The summed E-state index contributed by atoms with van der Waals surface area (Å²) in [6.45, 7) is 4.51. The summed E-state index contributed by atoms with van der Waals surface area (Å²) in [5.41, 5.74) is 6.19. The third-order valence-corrected chi connectivity index (χ3v) is 7.89. The molecule has 196 valence electrons. The van der Waals surface area contributed by atoms with Crippen molar-refractivity contribution >= 4 is 17.4 Å². The third-order valence-electron chi connectivity index (χ3n) is 7.89. The zero-order valence-corrected chi connectivity index (χ0v) is 21.2. The van der Waals surface area contributed by atoms with Crippen LogP contribution in [0.3, 0.4) is 0 Å². The monoisotopic (exact) mass is 510 g/mol. The van der Waals surface area contributed by atoms with E-state index in [2.05, 4.69) is 32.9 Å². The van der Waals surface area contributed by atoms with Crippen molar-refractivity contribution in [2.75, 3.05) is 31.2 Å². The fourth-order valence-corrected chi connectivity index (χ4v) is 6.04. The second-order valence-corrected chi connectivity index (χ2v) is 10.5. The number of hydrogen-bond acceptors (Lipinski definition) is 5. The summed E-state index contributed by atoms with van der Waals surface area (Å²) >= 11 is 0. The topological polar surface area (TPSA) is 68.4 Å². The number of aromatic nitrogens is 4. The van der Waals surface area contributed by atoms with E-state index in [0.29, 0.717) is 39.3 Å². The molecule has 37 heavy (non-hydrogen) atoms. The molecular weight excluding hydrogens is 478 g/mol. The van der Waals surface area contributed by atoms with Gasteiger partial charge in [-0.1, -0.05) is 6.07 Å². The molecule has 3 aliphatic rings. The lowest BCUT2D eigenvalue weighted by molar-refractivity contribution is -0.129. The Morgan fingerprint density at radius 2 is 2.14 bits per heavy atom. The van der Waals surface area contributed by atoms with Crippen molar-refractivity contribution in [3.8, 4) is 11.1 Å². The number of fused-ring (bicyclic) bond motifs is 2. The third kappa shape index (κ3) is 4.52. The molecule has 8 nitrogen and oxygen atoms in total. The second-order valence-electron chi connectivity index (χ2n) is 10.5. The summed E-state index contributed by atoms with van der Waals surface area (Å²) in [5, 5.41) is 9.40. The molecule has 10 heteroatoms. The summed E-state index contributed by atoms with van der Waals surface area (Å²) in [7, 11) is 1.88. The highest BCUT2D eigenvalue weighted by Gasteiger charge is 2.36. The molecule has 6 rings (SSSR count). The smallest absolute Gasteiger partial charge is 0.239 e. The Kier molecular flexibility index (Phi) is 6.22. The highest BCUT2D eigenvalue weighted by molar-refractivity contribution is 5.76. The molecule has 2 aromatic heterocycles. The number of hydrogen-bond donors (Lipinski definition) is 0. The molecule has 0 aliphatic carbocycles. The maximum absolute atomic E-state index is 13.6. The first-order valence-corrected chi connectivity index (χ1v) is 13.0. The molecule has 1 saturated heterocycles. The molecule has 0 N–H and O–H groups in total. The Labute approximate surface area is 214 Å². The maximum atomic E-state index is 13.6.